The molecule has 0 aliphatic heterocycles. The summed E-state index contributed by atoms with van der Waals surface area (Å²) in [4.78, 5) is 2.50. The van der Waals surface area contributed by atoms with Gasteiger partial charge in [0, 0.05) is 11.5 Å². The first-order chi connectivity index (χ1) is 4.31. The molecule has 0 heterocycles. The highest BCUT2D eigenvalue weighted by Crippen LogP contribution is 1.85. The third kappa shape index (κ3) is 4.62. The lowest BCUT2D eigenvalue weighted by Crippen LogP contribution is -2.17. The number of nitriles is 1. The lowest BCUT2D eigenvalue weighted by molar-refractivity contribution is 0.739. The molecule has 0 aromatic rings. The van der Waals surface area contributed by atoms with Crippen LogP contribution in [0.3, 0.4) is 0 Å². The number of hydrogen-bond donors (Lipinski definition) is 1. The van der Waals surface area contributed by atoms with E-state index in [0.717, 1.165) is 0 Å². The van der Waals surface area contributed by atoms with Crippen molar-refractivity contribution in [2.45, 2.75) is 12.5 Å². The maximum atomic E-state index is 8.12. The Kier molecular flexibility index (Phi) is 4.23. The van der Waals surface area contributed by atoms with E-state index >= 15 is 0 Å². The minimum Gasteiger partial charge on any atom is -0.316 e. The molecule has 0 aliphatic rings. The van der Waals surface area contributed by atoms with Crippen LogP contribution in [0.1, 0.15) is 6.42 Å². The summed E-state index contributed by atoms with van der Waals surface area (Å²) in [6.07, 6.45) is 0.431. The van der Waals surface area contributed by atoms with E-state index in [9.17, 15) is 0 Å². The summed E-state index contributed by atoms with van der Waals surface area (Å²) in [6.45, 7) is 0.297. The number of rotatable bonds is 3. The van der Waals surface area contributed by atoms with Crippen LogP contribution in [0.4, 0.5) is 0 Å². The molecular weight excluding hydrogens is 118 g/mol. The van der Waals surface area contributed by atoms with Crippen molar-refractivity contribution in [1.82, 2.24) is 0 Å². The molecule has 0 saturated heterocycles. The molecule has 0 bridgehead atoms. The Bertz CT molecular complexity index is 151. The van der Waals surface area contributed by atoms with Gasteiger partial charge >= 0.3 is 0 Å². The van der Waals surface area contributed by atoms with Gasteiger partial charge in [0.25, 0.3) is 0 Å². The van der Waals surface area contributed by atoms with E-state index in [1.165, 1.54) is 0 Å². The van der Waals surface area contributed by atoms with Crippen molar-refractivity contribution in [2.24, 2.45) is 10.8 Å². The molecule has 5 heteroatoms. The van der Waals surface area contributed by atoms with Gasteiger partial charge in [0.05, 0.1) is 12.1 Å². The van der Waals surface area contributed by atoms with Gasteiger partial charge in [-0.1, -0.05) is 5.11 Å². The first-order valence-electron chi connectivity index (χ1n) is 2.47. The molecule has 1 unspecified atom stereocenters. The number of hydrogen-bond acceptors (Lipinski definition) is 3. The van der Waals surface area contributed by atoms with Crippen LogP contribution in [-0.4, -0.2) is 12.6 Å². The minimum atomic E-state index is -0.504. The molecule has 0 fully saturated rings. The number of azide groups is 1. The quantitative estimate of drug-likeness (QED) is 0.338. The molecule has 48 valence electrons. The van der Waals surface area contributed by atoms with E-state index in [1.807, 2.05) is 6.07 Å². The van der Waals surface area contributed by atoms with Crippen LogP contribution in [0.2, 0.25) is 0 Å². The molecule has 2 N–H and O–H groups in total. The summed E-state index contributed by atoms with van der Waals surface area (Å²) in [7, 11) is 0. The van der Waals surface area contributed by atoms with Crippen LogP contribution < -0.4 is 5.73 Å². The molecule has 9 heavy (non-hydrogen) atoms. The molecule has 0 spiro atoms. The summed E-state index contributed by atoms with van der Waals surface area (Å²) in [5.41, 5.74) is 13.0. The van der Waals surface area contributed by atoms with Gasteiger partial charge in [0.1, 0.15) is 0 Å². The normalized spacial score (nSPS) is 11.1. The molecule has 0 aromatic carbocycles. The molecule has 0 radical (unpaired) electrons. The van der Waals surface area contributed by atoms with E-state index in [4.69, 9.17) is 16.5 Å². The van der Waals surface area contributed by atoms with E-state index in [1.54, 1.807) is 0 Å². The summed E-state index contributed by atoms with van der Waals surface area (Å²) in [6, 6.07) is 1.31. The van der Waals surface area contributed by atoms with Crippen molar-refractivity contribution in [3.63, 3.8) is 0 Å². The molecule has 0 aliphatic carbocycles. The monoisotopic (exact) mass is 125 g/mol. The molecule has 0 amide bonds. The fraction of sp³-hybridized carbons (Fsp3) is 0.750. The van der Waals surface area contributed by atoms with E-state index in [2.05, 4.69) is 10.0 Å². The molecule has 1 atom stereocenters. The molecule has 0 rings (SSSR count). The Hall–Kier alpha value is -1.24. The Morgan fingerprint density at radius 1 is 1.89 bits per heavy atom. The predicted molar refractivity (Wildman–Crippen MR) is 32.2 cm³/mol. The highest BCUT2D eigenvalue weighted by molar-refractivity contribution is 4.86. The van der Waals surface area contributed by atoms with Crippen LogP contribution >= 0.6 is 0 Å². The van der Waals surface area contributed by atoms with Gasteiger partial charge < -0.3 is 5.73 Å². The Morgan fingerprint density at radius 3 is 3.00 bits per heavy atom. The van der Waals surface area contributed by atoms with Crippen LogP contribution in [-0.2, 0) is 0 Å². The van der Waals surface area contributed by atoms with Crippen LogP contribution in [0.5, 0.6) is 0 Å². The minimum absolute atomic E-state index is 0.297. The van der Waals surface area contributed by atoms with Gasteiger partial charge in [-0.05, 0) is 12.0 Å². The largest absolute Gasteiger partial charge is 0.316 e. The molecule has 0 saturated carbocycles. The average molecular weight is 125 g/mol. The summed E-state index contributed by atoms with van der Waals surface area (Å²) < 4.78 is 0. The summed E-state index contributed by atoms with van der Waals surface area (Å²) >= 11 is 0. The topological polar surface area (TPSA) is 98.6 Å². The third-order valence-corrected chi connectivity index (χ3v) is 0.769. The van der Waals surface area contributed by atoms with Gasteiger partial charge in [0.15, 0.2) is 0 Å². The van der Waals surface area contributed by atoms with Gasteiger partial charge in [-0.15, -0.1) is 0 Å². The molecule has 0 aromatic heterocycles. The average Bonchev–Trinajstić information content (AvgIpc) is 1.89. The summed E-state index contributed by atoms with van der Waals surface area (Å²) in [5.74, 6) is 0. The summed E-state index contributed by atoms with van der Waals surface area (Å²) in [5, 5.41) is 11.3. The maximum absolute atomic E-state index is 8.12. The second-order valence-corrected chi connectivity index (χ2v) is 1.48. The van der Waals surface area contributed by atoms with Gasteiger partial charge in [-0.3, -0.25) is 0 Å². The smallest absolute Gasteiger partial charge is 0.0929 e. The first kappa shape index (κ1) is 7.76. The van der Waals surface area contributed by atoms with Crippen LogP contribution in [0, 0.1) is 11.3 Å². The fourth-order valence-corrected chi connectivity index (χ4v) is 0.306. The standard InChI is InChI=1S/C4H7N5/c5-3-4(6)1-2-8-9-7/h4H,1-2,6H2. The van der Waals surface area contributed by atoms with Gasteiger partial charge in [0.2, 0.25) is 0 Å². The van der Waals surface area contributed by atoms with Crippen LogP contribution in [0.25, 0.3) is 10.4 Å². The number of nitrogens with zero attached hydrogens (tertiary/aromatic N) is 4. The zero-order chi connectivity index (χ0) is 7.11. The Morgan fingerprint density at radius 2 is 2.56 bits per heavy atom. The SMILES string of the molecule is N#CC(N)CCN=[N+]=[N-]. The van der Waals surface area contributed by atoms with Gasteiger partial charge in [-0.2, -0.15) is 5.26 Å². The van der Waals surface area contributed by atoms with Crippen molar-refractivity contribution >= 4 is 0 Å². The van der Waals surface area contributed by atoms with Crippen molar-refractivity contribution in [1.29, 1.82) is 5.26 Å². The van der Waals surface area contributed by atoms with Crippen molar-refractivity contribution < 1.29 is 0 Å². The first-order valence-corrected chi connectivity index (χ1v) is 2.47. The zero-order valence-electron chi connectivity index (χ0n) is 4.86. The molecule has 5 nitrogen and oxygen atoms in total. The zero-order valence-corrected chi connectivity index (χ0v) is 4.86. The second-order valence-electron chi connectivity index (χ2n) is 1.48. The van der Waals surface area contributed by atoms with Crippen LogP contribution in [0.15, 0.2) is 5.11 Å². The Balaban J connectivity index is 3.30. The fourth-order valence-electron chi connectivity index (χ4n) is 0.306. The highest BCUT2D eigenvalue weighted by Gasteiger charge is 1.95. The van der Waals surface area contributed by atoms with E-state index in [0.29, 0.717) is 13.0 Å². The second kappa shape index (κ2) is 4.91. The molecular formula is C4H7N5. The third-order valence-electron chi connectivity index (χ3n) is 0.769. The van der Waals surface area contributed by atoms with Crippen molar-refractivity contribution in [3.8, 4) is 6.07 Å². The Labute approximate surface area is 52.7 Å². The van der Waals surface area contributed by atoms with E-state index in [-0.39, 0.29) is 0 Å². The highest BCUT2D eigenvalue weighted by atomic mass is 15.1. The van der Waals surface area contributed by atoms with E-state index < -0.39 is 6.04 Å². The van der Waals surface area contributed by atoms with Crippen molar-refractivity contribution in [2.75, 3.05) is 6.54 Å². The predicted octanol–water partition coefficient (Wildman–Crippen LogP) is 0.538. The lowest BCUT2D eigenvalue weighted by Gasteiger charge is -1.93. The van der Waals surface area contributed by atoms with Crippen molar-refractivity contribution in [3.05, 3.63) is 10.4 Å². The van der Waals surface area contributed by atoms with Gasteiger partial charge in [-0.25, -0.2) is 0 Å². The number of nitrogens with two attached hydrogens (primary N) is 1. The maximum Gasteiger partial charge on any atom is 0.0929 e. The lowest BCUT2D eigenvalue weighted by atomic mass is 10.2.